The molecule has 0 atom stereocenters. The van der Waals surface area contributed by atoms with Crippen molar-refractivity contribution in [1.82, 2.24) is 5.32 Å². The Bertz CT molecular complexity index is 434. The summed E-state index contributed by atoms with van der Waals surface area (Å²) in [4.78, 5) is 22.8. The molecule has 0 saturated carbocycles. The van der Waals surface area contributed by atoms with E-state index < -0.39 is 17.7 Å². The smallest absolute Gasteiger partial charge is 0.407 e. The van der Waals surface area contributed by atoms with Crippen molar-refractivity contribution in [3.63, 3.8) is 0 Å². The second-order valence-corrected chi connectivity index (χ2v) is 5.80. The standard InChI is InChI=1S/C12H17NO4S/c1-12(2,3)17-11(16)13-7-8-4-5-18-9(8)6-10(14)15/h4-5H,6-7H2,1-3H3,(H,13,16)(H,14,15). The van der Waals surface area contributed by atoms with Gasteiger partial charge in [-0.25, -0.2) is 4.79 Å². The van der Waals surface area contributed by atoms with Gasteiger partial charge in [-0.1, -0.05) is 0 Å². The number of nitrogens with one attached hydrogen (secondary N) is 1. The van der Waals surface area contributed by atoms with E-state index in [1.54, 1.807) is 26.8 Å². The minimum Gasteiger partial charge on any atom is -0.481 e. The SMILES string of the molecule is CC(C)(C)OC(=O)NCc1ccsc1CC(=O)O. The van der Waals surface area contributed by atoms with Gasteiger partial charge in [0, 0.05) is 11.4 Å². The van der Waals surface area contributed by atoms with Crippen molar-refractivity contribution in [2.75, 3.05) is 0 Å². The molecular weight excluding hydrogens is 254 g/mol. The van der Waals surface area contributed by atoms with Gasteiger partial charge in [0.15, 0.2) is 0 Å². The quantitative estimate of drug-likeness (QED) is 0.881. The Morgan fingerprint density at radius 3 is 2.67 bits per heavy atom. The summed E-state index contributed by atoms with van der Waals surface area (Å²) in [7, 11) is 0. The molecule has 100 valence electrons. The molecular formula is C12H17NO4S. The fraction of sp³-hybridized carbons (Fsp3) is 0.500. The van der Waals surface area contributed by atoms with Gasteiger partial charge < -0.3 is 15.2 Å². The topological polar surface area (TPSA) is 75.6 Å². The molecule has 0 aliphatic carbocycles. The lowest BCUT2D eigenvalue weighted by molar-refractivity contribution is -0.136. The van der Waals surface area contributed by atoms with Crippen LogP contribution in [0.5, 0.6) is 0 Å². The minimum absolute atomic E-state index is 0.0248. The van der Waals surface area contributed by atoms with Crippen LogP contribution in [-0.2, 0) is 22.5 Å². The number of hydrogen-bond donors (Lipinski definition) is 2. The first kappa shape index (κ1) is 14.5. The number of carbonyl (C=O) groups is 2. The van der Waals surface area contributed by atoms with Crippen LogP contribution in [0, 0.1) is 0 Å². The third kappa shape index (κ3) is 5.18. The Morgan fingerprint density at radius 1 is 1.44 bits per heavy atom. The molecule has 0 fully saturated rings. The Balaban J connectivity index is 2.51. The predicted molar refractivity (Wildman–Crippen MR) is 68.7 cm³/mol. The Kier molecular flexibility index (Phi) is 4.72. The number of carboxylic acids is 1. The van der Waals surface area contributed by atoms with Crippen LogP contribution in [0.15, 0.2) is 11.4 Å². The van der Waals surface area contributed by atoms with Crippen molar-refractivity contribution < 1.29 is 19.4 Å². The first-order valence-electron chi connectivity index (χ1n) is 5.52. The summed E-state index contributed by atoms with van der Waals surface area (Å²) in [6, 6.07) is 1.81. The summed E-state index contributed by atoms with van der Waals surface area (Å²) in [5, 5.41) is 13.2. The first-order chi connectivity index (χ1) is 8.28. The van der Waals surface area contributed by atoms with Gasteiger partial charge in [0.2, 0.25) is 0 Å². The van der Waals surface area contributed by atoms with Crippen LogP contribution in [0.2, 0.25) is 0 Å². The minimum atomic E-state index is -0.879. The van der Waals surface area contributed by atoms with E-state index in [-0.39, 0.29) is 13.0 Å². The lowest BCUT2D eigenvalue weighted by atomic mass is 10.2. The van der Waals surface area contributed by atoms with Crippen LogP contribution >= 0.6 is 11.3 Å². The summed E-state index contributed by atoms with van der Waals surface area (Å²) in [5.41, 5.74) is 0.274. The van der Waals surface area contributed by atoms with Crippen molar-refractivity contribution >= 4 is 23.4 Å². The van der Waals surface area contributed by atoms with Gasteiger partial charge in [-0.3, -0.25) is 4.79 Å². The summed E-state index contributed by atoms with van der Waals surface area (Å²) in [6.07, 6.45) is -0.529. The largest absolute Gasteiger partial charge is 0.481 e. The highest BCUT2D eigenvalue weighted by atomic mass is 32.1. The van der Waals surface area contributed by atoms with Gasteiger partial charge in [-0.05, 0) is 37.8 Å². The van der Waals surface area contributed by atoms with E-state index in [0.29, 0.717) is 0 Å². The van der Waals surface area contributed by atoms with E-state index in [4.69, 9.17) is 9.84 Å². The molecule has 1 rings (SSSR count). The van der Waals surface area contributed by atoms with E-state index in [0.717, 1.165) is 10.4 Å². The second-order valence-electron chi connectivity index (χ2n) is 4.79. The third-order valence-corrected chi connectivity index (χ3v) is 2.93. The zero-order chi connectivity index (χ0) is 13.8. The Morgan fingerprint density at radius 2 is 2.11 bits per heavy atom. The number of carboxylic acid groups (broad SMARTS) is 1. The lowest BCUT2D eigenvalue weighted by Crippen LogP contribution is -2.32. The maximum atomic E-state index is 11.4. The van der Waals surface area contributed by atoms with Gasteiger partial charge in [0.05, 0.1) is 6.42 Å². The van der Waals surface area contributed by atoms with Gasteiger partial charge in [-0.15, -0.1) is 11.3 Å². The highest BCUT2D eigenvalue weighted by Crippen LogP contribution is 2.17. The zero-order valence-corrected chi connectivity index (χ0v) is 11.5. The number of thiophene rings is 1. The molecule has 5 nitrogen and oxygen atoms in total. The van der Waals surface area contributed by atoms with Gasteiger partial charge in [-0.2, -0.15) is 0 Å². The number of aliphatic carboxylic acids is 1. The van der Waals surface area contributed by atoms with E-state index >= 15 is 0 Å². The molecule has 0 saturated heterocycles. The maximum absolute atomic E-state index is 11.4. The molecule has 1 aromatic rings. The lowest BCUT2D eigenvalue weighted by Gasteiger charge is -2.19. The highest BCUT2D eigenvalue weighted by molar-refractivity contribution is 7.10. The molecule has 6 heteroatoms. The molecule has 0 spiro atoms. The number of amides is 1. The van der Waals surface area contributed by atoms with Crippen LogP contribution in [0.4, 0.5) is 4.79 Å². The van der Waals surface area contributed by atoms with Crippen LogP contribution in [0.1, 0.15) is 31.2 Å². The number of carbonyl (C=O) groups excluding carboxylic acids is 1. The summed E-state index contributed by atoms with van der Waals surface area (Å²) < 4.78 is 5.09. The van der Waals surface area contributed by atoms with Crippen LogP contribution in [0.25, 0.3) is 0 Å². The van der Waals surface area contributed by atoms with E-state index in [9.17, 15) is 9.59 Å². The number of ether oxygens (including phenoxy) is 1. The molecule has 0 aliphatic heterocycles. The maximum Gasteiger partial charge on any atom is 0.407 e. The van der Waals surface area contributed by atoms with Crippen molar-refractivity contribution in [2.45, 2.75) is 39.3 Å². The van der Waals surface area contributed by atoms with Gasteiger partial charge in [0.25, 0.3) is 0 Å². The van der Waals surface area contributed by atoms with Crippen molar-refractivity contribution in [1.29, 1.82) is 0 Å². The van der Waals surface area contributed by atoms with Crippen LogP contribution in [0.3, 0.4) is 0 Å². The molecule has 0 bridgehead atoms. The Labute approximate surface area is 110 Å². The summed E-state index contributed by atoms with van der Waals surface area (Å²) >= 11 is 1.37. The molecule has 1 aromatic heterocycles. The van der Waals surface area contributed by atoms with Gasteiger partial charge >= 0.3 is 12.1 Å². The molecule has 1 heterocycles. The van der Waals surface area contributed by atoms with Gasteiger partial charge in [0.1, 0.15) is 5.60 Å². The van der Waals surface area contributed by atoms with Crippen molar-refractivity contribution in [2.24, 2.45) is 0 Å². The monoisotopic (exact) mass is 271 g/mol. The molecule has 1 amide bonds. The van der Waals surface area contributed by atoms with E-state index in [1.807, 2.05) is 5.38 Å². The fourth-order valence-corrected chi connectivity index (χ4v) is 2.19. The van der Waals surface area contributed by atoms with Crippen LogP contribution in [-0.4, -0.2) is 22.8 Å². The van der Waals surface area contributed by atoms with E-state index in [2.05, 4.69) is 5.32 Å². The third-order valence-electron chi connectivity index (χ3n) is 1.97. The number of hydrogen-bond acceptors (Lipinski definition) is 4. The first-order valence-corrected chi connectivity index (χ1v) is 6.40. The zero-order valence-electron chi connectivity index (χ0n) is 10.6. The molecule has 18 heavy (non-hydrogen) atoms. The highest BCUT2D eigenvalue weighted by Gasteiger charge is 2.16. The fourth-order valence-electron chi connectivity index (χ4n) is 1.30. The van der Waals surface area contributed by atoms with Crippen LogP contribution < -0.4 is 5.32 Å². The molecule has 0 aromatic carbocycles. The van der Waals surface area contributed by atoms with Crippen molar-refractivity contribution in [3.05, 3.63) is 21.9 Å². The average Bonchev–Trinajstić information content (AvgIpc) is 2.58. The summed E-state index contributed by atoms with van der Waals surface area (Å²) in [6.45, 7) is 5.63. The molecule has 0 radical (unpaired) electrons. The van der Waals surface area contributed by atoms with Crippen molar-refractivity contribution in [3.8, 4) is 0 Å². The molecule has 0 unspecified atom stereocenters. The van der Waals surface area contributed by atoms with E-state index in [1.165, 1.54) is 11.3 Å². The predicted octanol–water partition coefficient (Wildman–Crippen LogP) is 2.40. The summed E-state index contributed by atoms with van der Waals surface area (Å²) in [5.74, 6) is -0.879. The normalized spacial score (nSPS) is 11.1. The average molecular weight is 271 g/mol. The Hall–Kier alpha value is -1.56. The number of rotatable bonds is 4. The molecule has 0 aliphatic rings. The number of alkyl carbamates (subject to hydrolysis) is 1. The second kappa shape index (κ2) is 5.86. The molecule has 2 N–H and O–H groups in total.